The van der Waals surface area contributed by atoms with Crippen molar-refractivity contribution < 1.29 is 9.32 Å². The molecule has 18 heavy (non-hydrogen) atoms. The molecule has 0 saturated heterocycles. The number of aromatic nitrogens is 3. The highest BCUT2D eigenvalue weighted by molar-refractivity contribution is 5.91. The SMILES string of the molecule is N#Cc1c[nH]c(-c2nc(C(=O)NC3CC3)no2)c1. The van der Waals surface area contributed by atoms with Crippen molar-refractivity contribution in [2.75, 3.05) is 0 Å². The van der Waals surface area contributed by atoms with Gasteiger partial charge in [0.1, 0.15) is 11.8 Å². The number of hydrogen-bond acceptors (Lipinski definition) is 5. The third-order valence-electron chi connectivity index (χ3n) is 2.58. The number of aromatic amines is 1. The van der Waals surface area contributed by atoms with Crippen LogP contribution in [0.1, 0.15) is 29.0 Å². The van der Waals surface area contributed by atoms with E-state index >= 15 is 0 Å². The van der Waals surface area contributed by atoms with E-state index in [1.807, 2.05) is 6.07 Å². The fourth-order valence-electron chi connectivity index (χ4n) is 1.49. The number of rotatable bonds is 3. The van der Waals surface area contributed by atoms with Gasteiger partial charge in [0, 0.05) is 12.2 Å². The summed E-state index contributed by atoms with van der Waals surface area (Å²) >= 11 is 0. The van der Waals surface area contributed by atoms with Crippen molar-refractivity contribution in [1.29, 1.82) is 5.26 Å². The summed E-state index contributed by atoms with van der Waals surface area (Å²) in [6.45, 7) is 0. The molecular weight excluding hydrogens is 234 g/mol. The lowest BCUT2D eigenvalue weighted by molar-refractivity contribution is 0.0937. The first-order valence-corrected chi connectivity index (χ1v) is 5.50. The fourth-order valence-corrected chi connectivity index (χ4v) is 1.49. The van der Waals surface area contributed by atoms with Crippen LogP contribution in [0.15, 0.2) is 16.8 Å². The molecule has 3 rings (SSSR count). The number of H-pyrrole nitrogens is 1. The zero-order valence-corrected chi connectivity index (χ0v) is 9.30. The normalized spacial score (nSPS) is 14.2. The van der Waals surface area contributed by atoms with Crippen molar-refractivity contribution >= 4 is 5.91 Å². The molecule has 1 saturated carbocycles. The van der Waals surface area contributed by atoms with Crippen molar-refractivity contribution in [3.05, 3.63) is 23.7 Å². The molecular formula is C11H9N5O2. The van der Waals surface area contributed by atoms with Gasteiger partial charge in [0.2, 0.25) is 0 Å². The largest absolute Gasteiger partial charge is 0.356 e. The minimum atomic E-state index is -0.334. The summed E-state index contributed by atoms with van der Waals surface area (Å²) in [7, 11) is 0. The molecule has 0 aliphatic heterocycles. The van der Waals surface area contributed by atoms with Crippen LogP contribution in [0.25, 0.3) is 11.6 Å². The molecule has 1 aliphatic carbocycles. The average Bonchev–Trinajstić information content (AvgIpc) is 2.91. The summed E-state index contributed by atoms with van der Waals surface area (Å²) in [4.78, 5) is 18.4. The van der Waals surface area contributed by atoms with Gasteiger partial charge in [-0.05, 0) is 18.9 Å². The van der Waals surface area contributed by atoms with Crippen LogP contribution in [0.4, 0.5) is 0 Å². The van der Waals surface area contributed by atoms with E-state index in [9.17, 15) is 4.79 Å². The zero-order valence-electron chi connectivity index (χ0n) is 9.30. The van der Waals surface area contributed by atoms with Gasteiger partial charge in [0.15, 0.2) is 0 Å². The van der Waals surface area contributed by atoms with Crippen LogP contribution in [-0.4, -0.2) is 27.1 Å². The Balaban J connectivity index is 1.80. The number of carbonyl (C=O) groups is 1. The molecule has 2 aromatic rings. The molecule has 0 radical (unpaired) electrons. The monoisotopic (exact) mass is 243 g/mol. The second-order valence-corrected chi connectivity index (χ2v) is 4.08. The maximum atomic E-state index is 11.6. The number of amides is 1. The number of carbonyl (C=O) groups excluding carboxylic acids is 1. The molecule has 2 N–H and O–H groups in total. The topological polar surface area (TPSA) is 108 Å². The first-order chi connectivity index (χ1) is 8.76. The van der Waals surface area contributed by atoms with Gasteiger partial charge in [0.25, 0.3) is 17.6 Å². The number of nitrogens with zero attached hydrogens (tertiary/aromatic N) is 3. The van der Waals surface area contributed by atoms with Crippen LogP contribution in [0.5, 0.6) is 0 Å². The summed E-state index contributed by atoms with van der Waals surface area (Å²) < 4.78 is 4.97. The molecule has 2 heterocycles. The smallest absolute Gasteiger partial charge is 0.292 e. The lowest BCUT2D eigenvalue weighted by Crippen LogP contribution is -2.26. The van der Waals surface area contributed by atoms with Crippen LogP contribution in [-0.2, 0) is 0 Å². The Bertz CT molecular complexity index is 632. The molecule has 0 unspecified atom stereocenters. The maximum Gasteiger partial charge on any atom is 0.292 e. The van der Waals surface area contributed by atoms with Crippen molar-refractivity contribution in [3.63, 3.8) is 0 Å². The molecule has 7 heteroatoms. The lowest BCUT2D eigenvalue weighted by atomic mass is 10.3. The minimum Gasteiger partial charge on any atom is -0.356 e. The van der Waals surface area contributed by atoms with Crippen LogP contribution in [0, 0.1) is 11.3 Å². The standard InChI is InChI=1S/C11H9N5O2/c12-4-6-3-8(13-5-6)11-15-9(16-18-11)10(17)14-7-1-2-7/h3,5,7,13H,1-2H2,(H,14,17). The molecule has 1 aliphatic rings. The molecule has 2 aromatic heterocycles. The Morgan fingerprint density at radius 3 is 3.11 bits per heavy atom. The summed E-state index contributed by atoms with van der Waals surface area (Å²) in [5, 5.41) is 15.1. The highest BCUT2D eigenvalue weighted by atomic mass is 16.5. The van der Waals surface area contributed by atoms with Crippen LogP contribution in [0.2, 0.25) is 0 Å². The molecule has 1 fully saturated rings. The molecule has 90 valence electrons. The van der Waals surface area contributed by atoms with Crippen LogP contribution >= 0.6 is 0 Å². The van der Waals surface area contributed by atoms with E-state index < -0.39 is 0 Å². The predicted molar refractivity (Wildman–Crippen MR) is 59.3 cm³/mol. The molecule has 0 atom stereocenters. The highest BCUT2D eigenvalue weighted by Gasteiger charge is 2.26. The van der Waals surface area contributed by atoms with E-state index in [-0.39, 0.29) is 23.7 Å². The second kappa shape index (κ2) is 4.00. The average molecular weight is 243 g/mol. The van der Waals surface area contributed by atoms with Crippen molar-refractivity contribution in [2.24, 2.45) is 0 Å². The van der Waals surface area contributed by atoms with Gasteiger partial charge in [-0.1, -0.05) is 5.16 Å². The zero-order chi connectivity index (χ0) is 12.5. The van der Waals surface area contributed by atoms with E-state index in [0.29, 0.717) is 11.3 Å². The summed E-state index contributed by atoms with van der Waals surface area (Å²) in [5.41, 5.74) is 0.983. The number of nitriles is 1. The predicted octanol–water partition coefficient (Wildman–Crippen LogP) is 0.829. The summed E-state index contributed by atoms with van der Waals surface area (Å²) in [6, 6.07) is 3.81. The Kier molecular flexibility index (Phi) is 2.34. The fraction of sp³-hybridized carbons (Fsp3) is 0.273. The van der Waals surface area contributed by atoms with Gasteiger partial charge >= 0.3 is 0 Å². The van der Waals surface area contributed by atoms with E-state index in [2.05, 4.69) is 20.4 Å². The van der Waals surface area contributed by atoms with Gasteiger partial charge in [-0.3, -0.25) is 4.79 Å². The van der Waals surface area contributed by atoms with E-state index in [4.69, 9.17) is 9.78 Å². The van der Waals surface area contributed by atoms with E-state index in [1.165, 1.54) is 6.20 Å². The molecule has 0 aromatic carbocycles. The quantitative estimate of drug-likeness (QED) is 0.830. The van der Waals surface area contributed by atoms with Crippen molar-refractivity contribution in [3.8, 4) is 17.7 Å². The Morgan fingerprint density at radius 1 is 1.61 bits per heavy atom. The summed E-state index contributed by atoms with van der Waals surface area (Å²) in [6.07, 6.45) is 3.53. The summed E-state index contributed by atoms with van der Waals surface area (Å²) in [5.74, 6) is -0.137. The molecule has 0 bridgehead atoms. The van der Waals surface area contributed by atoms with Gasteiger partial charge in [-0.25, -0.2) is 0 Å². The van der Waals surface area contributed by atoms with Gasteiger partial charge < -0.3 is 14.8 Å². The Hall–Kier alpha value is -2.62. The Morgan fingerprint density at radius 2 is 2.44 bits per heavy atom. The van der Waals surface area contributed by atoms with E-state index in [1.54, 1.807) is 6.07 Å². The molecule has 7 nitrogen and oxygen atoms in total. The first kappa shape index (κ1) is 10.5. The number of nitrogens with one attached hydrogen (secondary N) is 2. The Labute approximate surface area is 102 Å². The van der Waals surface area contributed by atoms with Crippen LogP contribution in [0.3, 0.4) is 0 Å². The number of hydrogen-bond donors (Lipinski definition) is 2. The van der Waals surface area contributed by atoms with Gasteiger partial charge in [-0.2, -0.15) is 10.2 Å². The second-order valence-electron chi connectivity index (χ2n) is 4.08. The third kappa shape index (κ3) is 1.96. The van der Waals surface area contributed by atoms with Gasteiger partial charge in [0.05, 0.1) is 5.56 Å². The van der Waals surface area contributed by atoms with Crippen molar-refractivity contribution in [2.45, 2.75) is 18.9 Å². The molecule has 1 amide bonds. The molecule has 0 spiro atoms. The first-order valence-electron chi connectivity index (χ1n) is 5.50. The lowest BCUT2D eigenvalue weighted by Gasteiger charge is -1.95. The van der Waals surface area contributed by atoms with Gasteiger partial charge in [-0.15, -0.1) is 0 Å². The highest BCUT2D eigenvalue weighted by Crippen LogP contribution is 2.20. The third-order valence-corrected chi connectivity index (χ3v) is 2.58. The van der Waals surface area contributed by atoms with Crippen molar-refractivity contribution in [1.82, 2.24) is 20.4 Å². The minimum absolute atomic E-state index is 0.00464. The maximum absolute atomic E-state index is 11.6. The van der Waals surface area contributed by atoms with E-state index in [0.717, 1.165) is 12.8 Å². The van der Waals surface area contributed by atoms with Crippen LogP contribution < -0.4 is 5.32 Å².